The fourth-order valence-corrected chi connectivity index (χ4v) is 5.05. The van der Waals surface area contributed by atoms with Crippen LogP contribution in [0.15, 0.2) is 12.4 Å². The number of anilines is 1. The second-order valence-corrected chi connectivity index (χ2v) is 9.79. The molecule has 39 heavy (non-hydrogen) atoms. The summed E-state index contributed by atoms with van der Waals surface area (Å²) in [7, 11) is 0. The first kappa shape index (κ1) is 29.2. The lowest BCUT2D eigenvalue weighted by Gasteiger charge is -2.39. The van der Waals surface area contributed by atoms with E-state index < -0.39 is 66.0 Å². The number of halogens is 7. The van der Waals surface area contributed by atoms with Crippen molar-refractivity contribution >= 4 is 17.8 Å². The van der Waals surface area contributed by atoms with Crippen LogP contribution in [0, 0.1) is 5.92 Å². The first-order chi connectivity index (χ1) is 18.3. The number of nitrogens with one attached hydrogen (secondary N) is 3. The molecule has 3 aliphatic heterocycles. The lowest BCUT2D eigenvalue weighted by atomic mass is 9.96. The molecule has 218 valence electrons. The van der Waals surface area contributed by atoms with Crippen molar-refractivity contribution in [3.63, 3.8) is 0 Å². The summed E-state index contributed by atoms with van der Waals surface area (Å²) in [6.07, 6.45) is -10.0. The lowest BCUT2D eigenvalue weighted by Crippen LogP contribution is -2.65. The lowest BCUT2D eigenvalue weighted by molar-refractivity contribution is -0.193. The van der Waals surface area contributed by atoms with Gasteiger partial charge in [0.2, 0.25) is 11.9 Å². The Hall–Kier alpha value is -2.79. The molecule has 10 nitrogen and oxygen atoms in total. The van der Waals surface area contributed by atoms with Crippen LogP contribution in [0.25, 0.3) is 0 Å². The van der Waals surface area contributed by atoms with Gasteiger partial charge in [0, 0.05) is 50.5 Å². The van der Waals surface area contributed by atoms with E-state index in [1.165, 1.54) is 9.80 Å². The zero-order valence-corrected chi connectivity index (χ0v) is 20.7. The molecule has 0 spiro atoms. The first-order valence-corrected chi connectivity index (χ1v) is 12.3. The van der Waals surface area contributed by atoms with Crippen LogP contribution in [-0.4, -0.2) is 96.0 Å². The summed E-state index contributed by atoms with van der Waals surface area (Å²) in [6, 6.07) is -2.64. The monoisotopic (exact) mass is 571 g/mol. The average Bonchev–Trinajstić information content (AvgIpc) is 3.21. The van der Waals surface area contributed by atoms with Gasteiger partial charge in [-0.05, 0) is 13.3 Å². The summed E-state index contributed by atoms with van der Waals surface area (Å²) < 4.78 is 98.9. The molecule has 0 bridgehead atoms. The van der Waals surface area contributed by atoms with Crippen molar-refractivity contribution in [1.29, 1.82) is 0 Å². The van der Waals surface area contributed by atoms with Crippen LogP contribution in [0.2, 0.25) is 0 Å². The number of amides is 2. The highest BCUT2D eigenvalue weighted by atomic mass is 19.4. The molecule has 17 heteroatoms. The maximum atomic E-state index is 15.1. The molecular weight excluding hydrogens is 543 g/mol. The van der Waals surface area contributed by atoms with Crippen LogP contribution in [-0.2, 0) is 20.5 Å². The summed E-state index contributed by atoms with van der Waals surface area (Å²) in [4.78, 5) is 34.8. The minimum Gasteiger partial charge on any atom is -0.367 e. The quantitative estimate of drug-likeness (QED) is 0.419. The zero-order chi connectivity index (χ0) is 28.5. The van der Waals surface area contributed by atoms with Gasteiger partial charge >= 0.3 is 12.4 Å². The van der Waals surface area contributed by atoms with Crippen molar-refractivity contribution in [2.45, 2.75) is 62.5 Å². The Labute approximate surface area is 218 Å². The van der Waals surface area contributed by atoms with Crippen LogP contribution >= 0.6 is 0 Å². The van der Waals surface area contributed by atoms with E-state index >= 15 is 4.39 Å². The largest absolute Gasteiger partial charge is 0.419 e. The number of carbonyl (C=O) groups excluding carboxylic acids is 2. The molecule has 2 amide bonds. The fraction of sp³-hybridized carbons (Fsp3) is 0.727. The number of hydrogen-bond acceptors (Lipinski definition) is 8. The molecule has 0 aliphatic carbocycles. The minimum atomic E-state index is -4.75. The number of ether oxygens (including phenoxy) is 1. The summed E-state index contributed by atoms with van der Waals surface area (Å²) >= 11 is 0. The van der Waals surface area contributed by atoms with Gasteiger partial charge in [-0.25, -0.2) is 19.8 Å². The maximum absolute atomic E-state index is 15.1. The Morgan fingerprint density at radius 2 is 1.82 bits per heavy atom. The third-order valence-corrected chi connectivity index (χ3v) is 6.96. The van der Waals surface area contributed by atoms with Gasteiger partial charge < -0.3 is 19.9 Å². The average molecular weight is 571 g/mol. The molecule has 1 aromatic rings. The number of carbonyl (C=O) groups is 2. The summed E-state index contributed by atoms with van der Waals surface area (Å²) in [5.74, 6) is -3.93. The van der Waals surface area contributed by atoms with Crippen LogP contribution in [0.3, 0.4) is 0 Å². The maximum Gasteiger partial charge on any atom is 0.419 e. The Morgan fingerprint density at radius 3 is 2.44 bits per heavy atom. The fourth-order valence-electron chi connectivity index (χ4n) is 5.05. The number of nitrogens with zero attached hydrogens (tertiary/aromatic N) is 4. The van der Waals surface area contributed by atoms with Crippen LogP contribution in [0.5, 0.6) is 0 Å². The zero-order valence-electron chi connectivity index (χ0n) is 20.7. The normalized spacial score (nSPS) is 29.5. The van der Waals surface area contributed by atoms with Crippen molar-refractivity contribution < 1.29 is 45.1 Å². The summed E-state index contributed by atoms with van der Waals surface area (Å²) in [5.41, 5.74) is 3.36. The number of likely N-dealkylation sites (tertiary alicyclic amines) is 1. The highest BCUT2D eigenvalue weighted by Crippen LogP contribution is 2.32. The Balaban J connectivity index is 1.27. The van der Waals surface area contributed by atoms with Crippen LogP contribution in [0.4, 0.5) is 36.7 Å². The predicted octanol–water partition coefficient (Wildman–Crippen LogP) is 1.19. The Bertz CT molecular complexity index is 1030. The molecule has 0 radical (unpaired) electrons. The molecule has 2 unspecified atom stereocenters. The second kappa shape index (κ2) is 11.4. The third-order valence-electron chi connectivity index (χ3n) is 6.96. The van der Waals surface area contributed by atoms with Crippen LogP contribution < -0.4 is 21.1 Å². The van der Waals surface area contributed by atoms with Crippen molar-refractivity contribution in [3.05, 3.63) is 18.0 Å². The standard InChI is InChI=1S/C22H28F7N7O3/c1-11(33-14-8-32-34-18(37)17(14)22(27,28)29)10-39-16-3-5-36(19(16)38)15-2-4-35(9-13(15)23)20-30-6-12(7-31-20)21(24,25)26/h6-7,11,13-17,32-33H,2-5,8-10H2,1H3,(H,34,37)/t11-,13+,14?,15+,16+,17?/m0/s1. The number of alkyl halides is 7. The van der Waals surface area contributed by atoms with Gasteiger partial charge in [-0.1, -0.05) is 0 Å². The van der Waals surface area contributed by atoms with Gasteiger partial charge in [0.25, 0.3) is 5.91 Å². The van der Waals surface area contributed by atoms with E-state index in [0.29, 0.717) is 12.4 Å². The molecule has 0 aromatic carbocycles. The van der Waals surface area contributed by atoms with E-state index in [4.69, 9.17) is 4.74 Å². The number of hydrogen-bond donors (Lipinski definition) is 3. The minimum absolute atomic E-state index is 0.0436. The van der Waals surface area contributed by atoms with E-state index in [0.717, 1.165) is 0 Å². The summed E-state index contributed by atoms with van der Waals surface area (Å²) in [6.45, 7) is 1.51. The van der Waals surface area contributed by atoms with E-state index in [-0.39, 0.29) is 51.6 Å². The first-order valence-electron chi connectivity index (χ1n) is 12.3. The molecule has 4 rings (SSSR count). The van der Waals surface area contributed by atoms with E-state index in [1.807, 2.05) is 5.43 Å². The van der Waals surface area contributed by atoms with Crippen molar-refractivity contribution in [1.82, 2.24) is 31.0 Å². The highest BCUT2D eigenvalue weighted by Gasteiger charge is 2.51. The molecule has 3 N–H and O–H groups in total. The molecule has 3 fully saturated rings. The highest BCUT2D eigenvalue weighted by molar-refractivity contribution is 5.83. The molecule has 3 aliphatic rings. The number of piperidine rings is 1. The van der Waals surface area contributed by atoms with E-state index in [1.54, 1.807) is 6.92 Å². The van der Waals surface area contributed by atoms with Crippen molar-refractivity contribution in [2.24, 2.45) is 5.92 Å². The van der Waals surface area contributed by atoms with Gasteiger partial charge in [-0.15, -0.1) is 0 Å². The second-order valence-electron chi connectivity index (χ2n) is 9.79. The smallest absolute Gasteiger partial charge is 0.367 e. The van der Waals surface area contributed by atoms with Gasteiger partial charge in [0.05, 0.1) is 24.8 Å². The Kier molecular flexibility index (Phi) is 8.51. The predicted molar refractivity (Wildman–Crippen MR) is 121 cm³/mol. The van der Waals surface area contributed by atoms with Gasteiger partial charge in [0.15, 0.2) is 5.92 Å². The van der Waals surface area contributed by atoms with E-state index in [2.05, 4.69) is 20.7 Å². The number of aromatic nitrogens is 2. The number of hydrazine groups is 1. The van der Waals surface area contributed by atoms with Crippen molar-refractivity contribution in [2.75, 3.05) is 37.7 Å². The van der Waals surface area contributed by atoms with Gasteiger partial charge in [0.1, 0.15) is 12.3 Å². The summed E-state index contributed by atoms with van der Waals surface area (Å²) in [5, 5.41) is 2.73. The van der Waals surface area contributed by atoms with Gasteiger partial charge in [-0.2, -0.15) is 26.3 Å². The SMILES string of the molecule is C[C@@H](CO[C@@H]1CCN([C@@H]2CCN(c3ncc(C(F)(F)F)cn3)C[C@H]2F)C1=O)NC1CNNC(=O)C1C(F)(F)F. The third kappa shape index (κ3) is 6.69. The topological polar surface area (TPSA) is 112 Å². The Morgan fingerprint density at radius 1 is 1.13 bits per heavy atom. The van der Waals surface area contributed by atoms with Gasteiger partial charge in [-0.3, -0.25) is 15.0 Å². The van der Waals surface area contributed by atoms with Crippen molar-refractivity contribution in [3.8, 4) is 0 Å². The molecule has 4 heterocycles. The molecule has 6 atom stereocenters. The molecular formula is C22H28F7N7O3. The molecule has 0 saturated carbocycles. The number of rotatable bonds is 7. The van der Waals surface area contributed by atoms with E-state index in [9.17, 15) is 35.9 Å². The van der Waals surface area contributed by atoms with Crippen LogP contribution in [0.1, 0.15) is 25.3 Å². The molecule has 3 saturated heterocycles. The molecule has 1 aromatic heterocycles.